The van der Waals surface area contributed by atoms with Crippen LogP contribution in [0.25, 0.3) is 10.6 Å². The van der Waals surface area contributed by atoms with Crippen molar-refractivity contribution >= 4 is 29.0 Å². The van der Waals surface area contributed by atoms with Crippen LogP contribution in [-0.2, 0) is 0 Å². The highest BCUT2D eigenvalue weighted by Crippen LogP contribution is 2.36. The molecule has 1 aliphatic rings. The Kier molecular flexibility index (Phi) is 5.60. The zero-order chi connectivity index (χ0) is 18.6. The van der Waals surface area contributed by atoms with Gasteiger partial charge >= 0.3 is 0 Å². The van der Waals surface area contributed by atoms with Crippen LogP contribution in [-0.4, -0.2) is 34.6 Å². The topological polar surface area (TPSA) is 33.2 Å². The van der Waals surface area contributed by atoms with E-state index in [1.54, 1.807) is 0 Å². The lowest BCUT2D eigenvalue weighted by Gasteiger charge is -2.19. The molecule has 0 N–H and O–H groups in total. The lowest BCUT2D eigenvalue weighted by Crippen LogP contribution is -2.33. The number of benzene rings is 2. The van der Waals surface area contributed by atoms with Crippen LogP contribution in [0.4, 0.5) is 0 Å². The van der Waals surface area contributed by atoms with Crippen molar-refractivity contribution in [2.24, 2.45) is 0 Å². The summed E-state index contributed by atoms with van der Waals surface area (Å²) in [5.74, 6) is 1.01. The first-order chi connectivity index (χ1) is 13.2. The van der Waals surface area contributed by atoms with Gasteiger partial charge in [0.1, 0.15) is 10.7 Å². The van der Waals surface area contributed by atoms with Crippen LogP contribution >= 0.6 is 23.1 Å². The smallest absolute Gasteiger partial charge is 0.273 e. The second-order valence-electron chi connectivity index (χ2n) is 6.70. The van der Waals surface area contributed by atoms with Crippen LogP contribution in [0.2, 0.25) is 0 Å². The molecular formula is C22H22N2OS2. The quantitative estimate of drug-likeness (QED) is 0.593. The predicted octanol–water partition coefficient (Wildman–Crippen LogP) is 5.44. The summed E-state index contributed by atoms with van der Waals surface area (Å²) in [7, 11) is 0. The molecule has 4 rings (SSSR count). The number of hydrogen-bond acceptors (Lipinski definition) is 4. The first-order valence-electron chi connectivity index (χ1n) is 9.20. The van der Waals surface area contributed by atoms with Crippen molar-refractivity contribution in [2.75, 3.05) is 18.8 Å². The second kappa shape index (κ2) is 8.28. The highest BCUT2D eigenvalue weighted by molar-refractivity contribution is 7.99. The van der Waals surface area contributed by atoms with Crippen LogP contribution in [0, 0.1) is 6.92 Å². The summed E-state index contributed by atoms with van der Waals surface area (Å²) in [5, 5.41) is 3.25. The standard InChI is InChI=1S/C22H22N2OS2/c1-16-7-5-6-10-18(16)20-11-12-24(13-14-26-20)22(25)19-15-27-21(23-19)17-8-3-2-4-9-17/h2-10,15,20H,11-14H2,1H3. The Balaban J connectivity index is 1.46. The highest BCUT2D eigenvalue weighted by Gasteiger charge is 2.25. The molecule has 2 heterocycles. The maximum Gasteiger partial charge on any atom is 0.273 e. The summed E-state index contributed by atoms with van der Waals surface area (Å²) >= 11 is 3.49. The van der Waals surface area contributed by atoms with E-state index in [0.29, 0.717) is 10.9 Å². The number of thioether (sulfide) groups is 1. The van der Waals surface area contributed by atoms with Crippen molar-refractivity contribution in [1.82, 2.24) is 9.88 Å². The summed E-state index contributed by atoms with van der Waals surface area (Å²) in [4.78, 5) is 19.5. The Morgan fingerprint density at radius 1 is 1.07 bits per heavy atom. The van der Waals surface area contributed by atoms with Gasteiger partial charge in [-0.05, 0) is 24.5 Å². The number of carbonyl (C=O) groups is 1. The Labute approximate surface area is 168 Å². The molecule has 0 radical (unpaired) electrons. The highest BCUT2D eigenvalue weighted by atomic mass is 32.2. The van der Waals surface area contributed by atoms with Crippen molar-refractivity contribution in [3.63, 3.8) is 0 Å². The number of thiazole rings is 1. The summed E-state index contributed by atoms with van der Waals surface area (Å²) in [5.41, 5.74) is 4.37. The molecule has 0 saturated carbocycles. The normalized spacial score (nSPS) is 17.5. The molecule has 1 saturated heterocycles. The third-order valence-electron chi connectivity index (χ3n) is 4.91. The van der Waals surface area contributed by atoms with Gasteiger partial charge in [-0.2, -0.15) is 11.8 Å². The summed E-state index contributed by atoms with van der Waals surface area (Å²) in [6.07, 6.45) is 0.983. The summed E-state index contributed by atoms with van der Waals surface area (Å²) in [6.45, 7) is 3.73. The van der Waals surface area contributed by atoms with E-state index in [4.69, 9.17) is 0 Å². The Morgan fingerprint density at radius 2 is 1.85 bits per heavy atom. The van der Waals surface area contributed by atoms with Gasteiger partial charge in [-0.25, -0.2) is 4.98 Å². The van der Waals surface area contributed by atoms with E-state index in [9.17, 15) is 4.79 Å². The molecule has 1 fully saturated rings. The van der Waals surface area contributed by atoms with Gasteiger partial charge in [-0.3, -0.25) is 4.79 Å². The van der Waals surface area contributed by atoms with Crippen molar-refractivity contribution < 1.29 is 4.79 Å². The maximum absolute atomic E-state index is 13.0. The average Bonchev–Trinajstić information content (AvgIpc) is 3.07. The lowest BCUT2D eigenvalue weighted by molar-refractivity contribution is 0.0761. The van der Waals surface area contributed by atoms with Gasteiger partial charge in [-0.1, -0.05) is 54.6 Å². The lowest BCUT2D eigenvalue weighted by atomic mass is 10.0. The van der Waals surface area contributed by atoms with Gasteiger partial charge in [0.15, 0.2) is 0 Å². The van der Waals surface area contributed by atoms with Crippen LogP contribution < -0.4 is 0 Å². The maximum atomic E-state index is 13.0. The summed E-state index contributed by atoms with van der Waals surface area (Å²) in [6, 6.07) is 18.6. The van der Waals surface area contributed by atoms with E-state index in [1.807, 2.05) is 52.4 Å². The Morgan fingerprint density at radius 3 is 2.67 bits per heavy atom. The van der Waals surface area contributed by atoms with Gasteiger partial charge in [0.25, 0.3) is 5.91 Å². The number of carbonyl (C=O) groups excluding carboxylic acids is 1. The molecule has 2 aromatic carbocycles. The SMILES string of the molecule is Cc1ccccc1C1CCN(C(=O)c2csc(-c3ccccc3)n2)CCS1. The fourth-order valence-electron chi connectivity index (χ4n) is 3.42. The Bertz CT molecular complexity index is 923. The van der Waals surface area contributed by atoms with Crippen molar-refractivity contribution in [3.05, 3.63) is 76.8 Å². The van der Waals surface area contributed by atoms with Gasteiger partial charge < -0.3 is 4.90 Å². The number of rotatable bonds is 3. The minimum Gasteiger partial charge on any atom is -0.336 e. The van der Waals surface area contributed by atoms with Crippen molar-refractivity contribution in [3.8, 4) is 10.6 Å². The molecule has 0 spiro atoms. The van der Waals surface area contributed by atoms with E-state index in [0.717, 1.165) is 35.8 Å². The fourth-order valence-corrected chi connectivity index (χ4v) is 5.54. The van der Waals surface area contributed by atoms with E-state index in [-0.39, 0.29) is 5.91 Å². The van der Waals surface area contributed by atoms with Crippen LogP contribution in [0.15, 0.2) is 60.0 Å². The van der Waals surface area contributed by atoms with E-state index in [1.165, 1.54) is 22.5 Å². The first kappa shape index (κ1) is 18.3. The molecule has 0 aliphatic carbocycles. The largest absolute Gasteiger partial charge is 0.336 e. The number of nitrogens with zero attached hydrogens (tertiary/aromatic N) is 2. The average molecular weight is 395 g/mol. The van der Waals surface area contributed by atoms with Gasteiger partial charge in [-0.15, -0.1) is 11.3 Å². The molecule has 138 valence electrons. The molecule has 5 heteroatoms. The molecular weight excluding hydrogens is 372 g/mol. The number of aryl methyl sites for hydroxylation is 1. The molecule has 3 nitrogen and oxygen atoms in total. The fraction of sp³-hybridized carbons (Fsp3) is 0.273. The zero-order valence-electron chi connectivity index (χ0n) is 15.3. The Hall–Kier alpha value is -2.11. The minimum absolute atomic E-state index is 0.0551. The third-order valence-corrected chi connectivity index (χ3v) is 7.11. The monoisotopic (exact) mass is 394 g/mol. The van der Waals surface area contributed by atoms with Crippen LogP contribution in [0.3, 0.4) is 0 Å². The molecule has 3 aromatic rings. The van der Waals surface area contributed by atoms with Gasteiger partial charge in [0.2, 0.25) is 0 Å². The van der Waals surface area contributed by atoms with Crippen LogP contribution in [0.1, 0.15) is 33.3 Å². The molecule has 0 bridgehead atoms. The number of aromatic nitrogens is 1. The number of hydrogen-bond donors (Lipinski definition) is 0. The summed E-state index contributed by atoms with van der Waals surface area (Å²) < 4.78 is 0. The zero-order valence-corrected chi connectivity index (χ0v) is 16.9. The molecule has 1 atom stereocenters. The van der Waals surface area contributed by atoms with Gasteiger partial charge in [0.05, 0.1) is 0 Å². The van der Waals surface area contributed by atoms with E-state index >= 15 is 0 Å². The number of amides is 1. The van der Waals surface area contributed by atoms with Crippen molar-refractivity contribution in [2.45, 2.75) is 18.6 Å². The molecule has 1 unspecified atom stereocenters. The predicted molar refractivity (Wildman–Crippen MR) is 114 cm³/mol. The first-order valence-corrected chi connectivity index (χ1v) is 11.1. The molecule has 1 aliphatic heterocycles. The molecule has 27 heavy (non-hydrogen) atoms. The molecule has 1 amide bonds. The van der Waals surface area contributed by atoms with E-state index in [2.05, 4.69) is 36.2 Å². The van der Waals surface area contributed by atoms with E-state index < -0.39 is 0 Å². The third kappa shape index (κ3) is 4.09. The second-order valence-corrected chi connectivity index (χ2v) is 8.87. The van der Waals surface area contributed by atoms with Crippen molar-refractivity contribution in [1.29, 1.82) is 0 Å². The van der Waals surface area contributed by atoms with Gasteiger partial charge in [0, 0.05) is 35.0 Å². The molecule has 1 aromatic heterocycles. The minimum atomic E-state index is 0.0551. The van der Waals surface area contributed by atoms with Crippen LogP contribution in [0.5, 0.6) is 0 Å².